The molecule has 3 amide bonds. The van der Waals surface area contributed by atoms with Gasteiger partial charge in [-0.1, -0.05) is 26.8 Å². The third-order valence-corrected chi connectivity index (χ3v) is 12.4. The van der Waals surface area contributed by atoms with Crippen LogP contribution in [-0.4, -0.2) is 91.9 Å². The van der Waals surface area contributed by atoms with E-state index < -0.39 is 80.1 Å². The molecule has 4 atom stereocenters. The highest BCUT2D eigenvalue weighted by atomic mass is 31.2. The molecule has 0 aromatic carbocycles. The van der Waals surface area contributed by atoms with Gasteiger partial charge in [0, 0.05) is 12.5 Å². The van der Waals surface area contributed by atoms with Crippen LogP contribution in [0.4, 0.5) is 14.4 Å². The molecule has 0 spiro atoms. The summed E-state index contributed by atoms with van der Waals surface area (Å²) in [6.45, 7) is 8.14. The molecule has 1 saturated heterocycles. The fourth-order valence-electron chi connectivity index (χ4n) is 6.38. The number of hydrogen-bond donors (Lipinski definition) is 2. The Morgan fingerprint density at radius 3 is 1.92 bits per heavy atom. The average molecular weight is 742 g/mol. The first kappa shape index (κ1) is 38.9. The second kappa shape index (κ2) is 16.5. The van der Waals surface area contributed by atoms with Crippen molar-refractivity contribution in [2.75, 3.05) is 33.3 Å². The maximum absolute atomic E-state index is 14.5. The van der Waals surface area contributed by atoms with E-state index in [9.17, 15) is 28.5 Å². The topological polar surface area (TPSA) is 194 Å². The molecule has 0 radical (unpaired) electrons. The second-order valence-electron chi connectivity index (χ2n) is 15.2. The highest BCUT2D eigenvalue weighted by molar-refractivity contribution is 7.56. The minimum atomic E-state index is -4.51. The van der Waals surface area contributed by atoms with Crippen LogP contribution in [0.2, 0.25) is 0 Å². The Balaban J connectivity index is 1.26. The number of rotatable bonds is 17. The van der Waals surface area contributed by atoms with Crippen molar-refractivity contribution >= 4 is 37.8 Å². The SMILES string of the molecule is C=C[C@@H]1C[C@]1(NC(=O)C1CCCN1C(=O)C(NC(=O)OC1CCCC1)C(C)(C)C)P(=O)(OCOC(=O)OCC1CC1)OCOC(=O)OCC1CC1. The highest BCUT2D eigenvalue weighted by Crippen LogP contribution is 2.73. The number of hydrogen-bond acceptors (Lipinski definition) is 13. The maximum atomic E-state index is 14.5. The Bertz CT molecular complexity index is 1320. The molecule has 51 heavy (non-hydrogen) atoms. The molecule has 5 fully saturated rings. The molecule has 0 aromatic rings. The summed E-state index contributed by atoms with van der Waals surface area (Å²) in [4.78, 5) is 66.5. The minimum Gasteiger partial charge on any atom is -0.446 e. The first-order chi connectivity index (χ1) is 24.2. The number of amides is 3. The van der Waals surface area contributed by atoms with Crippen LogP contribution in [0.5, 0.6) is 0 Å². The quantitative estimate of drug-likeness (QED) is 0.0638. The zero-order valence-corrected chi connectivity index (χ0v) is 30.7. The Morgan fingerprint density at radius 2 is 1.43 bits per heavy atom. The smallest absolute Gasteiger partial charge is 0.446 e. The molecule has 2 unspecified atom stereocenters. The van der Waals surface area contributed by atoms with Gasteiger partial charge in [-0.15, -0.1) is 6.58 Å². The molecule has 2 N–H and O–H groups in total. The monoisotopic (exact) mass is 741 g/mol. The summed E-state index contributed by atoms with van der Waals surface area (Å²) in [6, 6.07) is -1.98. The van der Waals surface area contributed by atoms with Gasteiger partial charge in [-0.3, -0.25) is 23.2 Å². The van der Waals surface area contributed by atoms with E-state index in [0.29, 0.717) is 12.8 Å². The molecule has 4 aliphatic carbocycles. The van der Waals surface area contributed by atoms with Gasteiger partial charge in [0.15, 0.2) is 0 Å². The summed E-state index contributed by atoms with van der Waals surface area (Å²) < 4.78 is 51.3. The van der Waals surface area contributed by atoms with E-state index in [4.69, 9.17) is 32.7 Å². The van der Waals surface area contributed by atoms with E-state index in [1.807, 2.05) is 20.8 Å². The van der Waals surface area contributed by atoms with Gasteiger partial charge in [0.05, 0.1) is 13.2 Å². The van der Waals surface area contributed by atoms with Gasteiger partial charge in [-0.2, -0.15) is 0 Å². The van der Waals surface area contributed by atoms with Crippen molar-refractivity contribution in [3.63, 3.8) is 0 Å². The van der Waals surface area contributed by atoms with Crippen molar-refractivity contribution in [2.45, 2.75) is 115 Å². The Labute approximate surface area is 298 Å². The first-order valence-corrected chi connectivity index (χ1v) is 19.5. The molecule has 5 aliphatic rings. The van der Waals surface area contributed by atoms with E-state index in [1.54, 1.807) is 0 Å². The molecule has 5 rings (SSSR count). The van der Waals surface area contributed by atoms with Gasteiger partial charge in [0.2, 0.25) is 25.4 Å². The Hall–Kier alpha value is -3.36. The highest BCUT2D eigenvalue weighted by Gasteiger charge is 2.69. The number of carbonyl (C=O) groups is 5. The maximum Gasteiger partial charge on any atom is 0.510 e. The molecular weight excluding hydrogens is 689 g/mol. The number of carbonyl (C=O) groups excluding carboxylic acids is 5. The van der Waals surface area contributed by atoms with E-state index in [0.717, 1.165) is 51.4 Å². The number of alkyl carbamates (subject to hydrolysis) is 1. The van der Waals surface area contributed by atoms with Gasteiger partial charge in [0.1, 0.15) is 23.5 Å². The number of nitrogens with one attached hydrogen (secondary N) is 2. The van der Waals surface area contributed by atoms with Crippen molar-refractivity contribution < 1.29 is 61.3 Å². The zero-order valence-electron chi connectivity index (χ0n) is 29.8. The predicted octanol–water partition coefficient (Wildman–Crippen LogP) is 5.35. The van der Waals surface area contributed by atoms with Crippen LogP contribution >= 0.6 is 7.60 Å². The van der Waals surface area contributed by atoms with E-state index in [1.165, 1.54) is 11.0 Å². The average Bonchev–Trinajstić information content (AvgIpc) is 4.04. The van der Waals surface area contributed by atoms with Gasteiger partial charge in [-0.25, -0.2) is 14.4 Å². The fraction of sp³-hybridized carbons (Fsp3) is 0.794. The molecule has 16 nitrogen and oxygen atoms in total. The molecule has 4 saturated carbocycles. The first-order valence-electron chi connectivity index (χ1n) is 17.9. The van der Waals surface area contributed by atoms with Gasteiger partial charge >= 0.3 is 26.0 Å². The fourth-order valence-corrected chi connectivity index (χ4v) is 8.48. The summed E-state index contributed by atoms with van der Waals surface area (Å²) in [5.41, 5.74) is -0.724. The normalized spacial score (nSPS) is 25.4. The summed E-state index contributed by atoms with van der Waals surface area (Å²) in [6.07, 6.45) is 6.69. The largest absolute Gasteiger partial charge is 0.510 e. The van der Waals surface area contributed by atoms with Crippen LogP contribution in [0.15, 0.2) is 12.7 Å². The molecule has 17 heteroatoms. The molecule has 286 valence electrons. The van der Waals surface area contributed by atoms with Crippen molar-refractivity contribution in [3.05, 3.63) is 12.7 Å². The lowest BCUT2D eigenvalue weighted by atomic mass is 9.85. The molecule has 1 aliphatic heterocycles. The van der Waals surface area contributed by atoms with E-state index >= 15 is 0 Å². The van der Waals surface area contributed by atoms with Crippen molar-refractivity contribution in [3.8, 4) is 0 Å². The molecule has 0 aromatic heterocycles. The second-order valence-corrected chi connectivity index (χ2v) is 17.5. The Morgan fingerprint density at radius 1 is 0.863 bits per heavy atom. The number of ether oxygens (including phenoxy) is 5. The van der Waals surface area contributed by atoms with Crippen LogP contribution in [0.3, 0.4) is 0 Å². The summed E-state index contributed by atoms with van der Waals surface area (Å²) in [7, 11) is -4.51. The molecular formula is C34H52N3O13P. The zero-order chi connectivity index (χ0) is 36.8. The van der Waals surface area contributed by atoms with E-state index in [-0.39, 0.29) is 44.1 Å². The molecule has 1 heterocycles. The van der Waals surface area contributed by atoms with Crippen LogP contribution in [0.25, 0.3) is 0 Å². The van der Waals surface area contributed by atoms with Crippen molar-refractivity contribution in [1.82, 2.24) is 15.5 Å². The van der Waals surface area contributed by atoms with Crippen LogP contribution in [0.1, 0.15) is 91.4 Å². The Kier molecular flexibility index (Phi) is 12.6. The number of likely N-dealkylation sites (tertiary alicyclic amines) is 1. The molecule has 0 bridgehead atoms. The van der Waals surface area contributed by atoms with Gasteiger partial charge in [0.25, 0.3) is 0 Å². The third kappa shape index (κ3) is 10.4. The van der Waals surface area contributed by atoms with Crippen LogP contribution in [-0.2, 0) is 46.9 Å². The van der Waals surface area contributed by atoms with E-state index in [2.05, 4.69) is 17.2 Å². The number of nitrogens with zero attached hydrogens (tertiary/aromatic N) is 1. The summed E-state index contributed by atoms with van der Waals surface area (Å²) >= 11 is 0. The van der Waals surface area contributed by atoms with Gasteiger partial charge < -0.3 is 39.2 Å². The third-order valence-electron chi connectivity index (χ3n) is 9.95. The minimum absolute atomic E-state index is 0.0671. The van der Waals surface area contributed by atoms with Crippen LogP contribution in [0, 0.1) is 23.2 Å². The lowest BCUT2D eigenvalue weighted by molar-refractivity contribution is -0.142. The van der Waals surface area contributed by atoms with Gasteiger partial charge in [-0.05, 0) is 87.9 Å². The predicted molar refractivity (Wildman–Crippen MR) is 179 cm³/mol. The lowest BCUT2D eigenvalue weighted by Gasteiger charge is -2.36. The summed E-state index contributed by atoms with van der Waals surface area (Å²) in [5, 5.41) is 3.86. The lowest BCUT2D eigenvalue weighted by Crippen LogP contribution is -2.58. The van der Waals surface area contributed by atoms with Crippen LogP contribution < -0.4 is 10.6 Å². The van der Waals surface area contributed by atoms with Crippen molar-refractivity contribution in [1.29, 1.82) is 0 Å². The summed E-state index contributed by atoms with van der Waals surface area (Å²) in [5.74, 6) is -1.14. The van der Waals surface area contributed by atoms with Crippen molar-refractivity contribution in [2.24, 2.45) is 23.2 Å². The standard InChI is InChI=1S/C34H52N3O13P/c1-5-24-17-34(24,51(43,48-20-46-31(41)44-18-22-12-13-22)49-21-47-32(42)45-19-23-14-15-23)36-28(38)26-11-8-16-37(26)29(39)27(33(2,3)4)35-30(40)50-25-9-6-7-10-25/h5,22-27H,1,6-21H2,2-4H3,(H,35,40)(H,36,38)/t24-,26?,27?,34+/m1/s1.